The van der Waals surface area contributed by atoms with Gasteiger partial charge in [-0.1, -0.05) is 50.3 Å². The summed E-state index contributed by atoms with van der Waals surface area (Å²) in [7, 11) is 0. The molecule has 0 fully saturated rings. The zero-order valence-corrected chi connectivity index (χ0v) is 13.4. The minimum absolute atomic E-state index is 0.00278. The highest BCUT2D eigenvalue weighted by Gasteiger charge is 2.12. The van der Waals surface area contributed by atoms with Crippen molar-refractivity contribution >= 4 is 11.6 Å². The van der Waals surface area contributed by atoms with Crippen LogP contribution < -0.4 is 0 Å². The van der Waals surface area contributed by atoms with Crippen molar-refractivity contribution in [3.8, 4) is 0 Å². The number of alkyl halides is 1. The van der Waals surface area contributed by atoms with Gasteiger partial charge in [-0.3, -0.25) is 4.90 Å². The molecule has 1 nitrogen and oxygen atoms in total. The molecule has 2 heteroatoms. The van der Waals surface area contributed by atoms with Crippen molar-refractivity contribution in [3.05, 3.63) is 60.7 Å². The molecule has 0 aliphatic carbocycles. The van der Waals surface area contributed by atoms with E-state index >= 15 is 0 Å². The molecule has 0 aliphatic rings. The third-order valence-electron chi connectivity index (χ3n) is 3.18. The Hall–Kier alpha value is -1.05. The van der Waals surface area contributed by atoms with Crippen LogP contribution in [0, 0.1) is 5.92 Å². The van der Waals surface area contributed by atoms with Gasteiger partial charge in [0.1, 0.15) is 0 Å². The van der Waals surface area contributed by atoms with Crippen molar-refractivity contribution in [2.24, 2.45) is 5.92 Å². The van der Waals surface area contributed by atoms with Crippen LogP contribution in [0.2, 0.25) is 0 Å². The summed E-state index contributed by atoms with van der Waals surface area (Å²) in [5.74, 6) is 0.684. The summed E-state index contributed by atoms with van der Waals surface area (Å²) in [5.41, 5.74) is 2.55. The Morgan fingerprint density at radius 3 is 2.10 bits per heavy atom. The van der Waals surface area contributed by atoms with Crippen molar-refractivity contribution in [1.29, 1.82) is 0 Å². The fourth-order valence-electron chi connectivity index (χ4n) is 2.25. The first-order valence-corrected chi connectivity index (χ1v) is 7.67. The molecule has 0 saturated heterocycles. The van der Waals surface area contributed by atoms with Gasteiger partial charge in [-0.25, -0.2) is 0 Å². The van der Waals surface area contributed by atoms with Crippen LogP contribution in [0.15, 0.2) is 49.6 Å². The third-order valence-corrected chi connectivity index (χ3v) is 3.57. The number of nitrogens with zero attached hydrogens (tertiary/aromatic N) is 1. The third kappa shape index (κ3) is 5.94. The summed E-state index contributed by atoms with van der Waals surface area (Å²) in [5, 5.41) is 0.00278. The van der Waals surface area contributed by atoms with Gasteiger partial charge in [0.15, 0.2) is 0 Å². The van der Waals surface area contributed by atoms with E-state index in [0.717, 1.165) is 26.1 Å². The molecule has 1 rings (SSSR count). The Labute approximate surface area is 128 Å². The second kappa shape index (κ2) is 8.99. The maximum absolute atomic E-state index is 6.52. The zero-order valence-electron chi connectivity index (χ0n) is 12.7. The van der Waals surface area contributed by atoms with E-state index in [1.807, 2.05) is 12.2 Å². The molecule has 0 aliphatic heterocycles. The average Bonchev–Trinajstić information content (AvgIpc) is 2.39. The van der Waals surface area contributed by atoms with Gasteiger partial charge in [0.2, 0.25) is 0 Å². The zero-order chi connectivity index (χ0) is 15.0. The van der Waals surface area contributed by atoms with Crippen molar-refractivity contribution in [3.63, 3.8) is 0 Å². The topological polar surface area (TPSA) is 3.24 Å². The summed E-state index contributed by atoms with van der Waals surface area (Å²) in [6.45, 7) is 14.5. The monoisotopic (exact) mass is 291 g/mol. The molecule has 1 atom stereocenters. The van der Waals surface area contributed by atoms with E-state index in [-0.39, 0.29) is 5.38 Å². The molecule has 0 aromatic heterocycles. The molecule has 0 heterocycles. The lowest BCUT2D eigenvalue weighted by Gasteiger charge is -2.22. The van der Waals surface area contributed by atoms with E-state index in [1.165, 1.54) is 11.1 Å². The number of benzene rings is 1. The fourth-order valence-corrected chi connectivity index (χ4v) is 2.60. The largest absolute Gasteiger partial charge is 0.294 e. The van der Waals surface area contributed by atoms with E-state index in [2.05, 4.69) is 56.2 Å². The van der Waals surface area contributed by atoms with Crippen molar-refractivity contribution < 1.29 is 0 Å². The summed E-state index contributed by atoms with van der Waals surface area (Å²) in [6.07, 6.45) is 4.92. The van der Waals surface area contributed by atoms with Crippen LogP contribution >= 0.6 is 11.6 Å². The molecule has 0 amide bonds. The number of hydrogen-bond donors (Lipinski definition) is 0. The summed E-state index contributed by atoms with van der Waals surface area (Å²) >= 11 is 6.52. The van der Waals surface area contributed by atoms with Gasteiger partial charge >= 0.3 is 0 Å². The van der Waals surface area contributed by atoms with Gasteiger partial charge in [0.25, 0.3) is 0 Å². The van der Waals surface area contributed by atoms with Crippen LogP contribution in [0.3, 0.4) is 0 Å². The first-order chi connectivity index (χ1) is 9.56. The molecule has 1 aromatic carbocycles. The normalized spacial score (nSPS) is 12.7. The number of halogens is 1. The second-order valence-electron chi connectivity index (χ2n) is 5.60. The molecule has 0 N–H and O–H groups in total. The van der Waals surface area contributed by atoms with Gasteiger partial charge in [0.05, 0.1) is 5.38 Å². The number of hydrogen-bond acceptors (Lipinski definition) is 1. The standard InChI is InChI=1S/C18H26ClN/c1-5-11-20(12-6-2)14-18(19)17-9-7-16(8-10-17)13-15(3)4/h5-10,15,18H,1-2,11-14H2,3-4H3. The summed E-state index contributed by atoms with van der Waals surface area (Å²) in [4.78, 5) is 2.24. The van der Waals surface area contributed by atoms with E-state index in [0.29, 0.717) is 5.92 Å². The second-order valence-corrected chi connectivity index (χ2v) is 6.13. The van der Waals surface area contributed by atoms with Crippen LogP contribution in [0.4, 0.5) is 0 Å². The van der Waals surface area contributed by atoms with Crippen molar-refractivity contribution in [2.75, 3.05) is 19.6 Å². The quantitative estimate of drug-likeness (QED) is 0.465. The average molecular weight is 292 g/mol. The molecule has 110 valence electrons. The Morgan fingerprint density at radius 1 is 1.10 bits per heavy atom. The highest BCUT2D eigenvalue weighted by molar-refractivity contribution is 6.21. The summed E-state index contributed by atoms with van der Waals surface area (Å²) < 4.78 is 0. The first-order valence-electron chi connectivity index (χ1n) is 7.23. The molecular weight excluding hydrogens is 266 g/mol. The van der Waals surface area contributed by atoms with E-state index in [1.54, 1.807) is 0 Å². The van der Waals surface area contributed by atoms with Crippen LogP contribution in [-0.4, -0.2) is 24.5 Å². The predicted octanol–water partition coefficient (Wildman–Crippen LogP) is 4.84. The van der Waals surface area contributed by atoms with E-state index < -0.39 is 0 Å². The Bertz CT molecular complexity index is 398. The van der Waals surface area contributed by atoms with Crippen molar-refractivity contribution in [1.82, 2.24) is 4.90 Å². The maximum Gasteiger partial charge on any atom is 0.0712 e. The highest BCUT2D eigenvalue weighted by atomic mass is 35.5. The molecular formula is C18H26ClN. The summed E-state index contributed by atoms with van der Waals surface area (Å²) in [6, 6.07) is 8.68. The maximum atomic E-state index is 6.52. The van der Waals surface area contributed by atoms with Crippen LogP contribution in [-0.2, 0) is 6.42 Å². The lowest BCUT2D eigenvalue weighted by molar-refractivity contribution is 0.335. The van der Waals surface area contributed by atoms with E-state index in [9.17, 15) is 0 Å². The smallest absolute Gasteiger partial charge is 0.0712 e. The predicted molar refractivity (Wildman–Crippen MR) is 90.4 cm³/mol. The molecule has 0 radical (unpaired) electrons. The van der Waals surface area contributed by atoms with Gasteiger partial charge in [-0.05, 0) is 23.5 Å². The first kappa shape index (κ1) is 17.0. The molecule has 20 heavy (non-hydrogen) atoms. The SMILES string of the molecule is C=CCN(CC=C)CC(Cl)c1ccc(CC(C)C)cc1. The minimum atomic E-state index is 0.00278. The van der Waals surface area contributed by atoms with Crippen LogP contribution in [0.5, 0.6) is 0 Å². The van der Waals surface area contributed by atoms with Gasteiger partial charge in [0, 0.05) is 19.6 Å². The van der Waals surface area contributed by atoms with Crippen molar-refractivity contribution in [2.45, 2.75) is 25.6 Å². The molecule has 0 spiro atoms. The molecule has 1 unspecified atom stereocenters. The fraction of sp³-hybridized carbons (Fsp3) is 0.444. The molecule has 0 saturated carbocycles. The lowest BCUT2D eigenvalue weighted by Crippen LogP contribution is -2.27. The lowest BCUT2D eigenvalue weighted by atomic mass is 10.0. The minimum Gasteiger partial charge on any atom is -0.294 e. The molecule has 1 aromatic rings. The Kier molecular flexibility index (Phi) is 7.64. The van der Waals surface area contributed by atoms with Gasteiger partial charge < -0.3 is 0 Å². The van der Waals surface area contributed by atoms with Crippen LogP contribution in [0.1, 0.15) is 30.4 Å². The highest BCUT2D eigenvalue weighted by Crippen LogP contribution is 2.22. The van der Waals surface area contributed by atoms with Crippen LogP contribution in [0.25, 0.3) is 0 Å². The van der Waals surface area contributed by atoms with Gasteiger partial charge in [-0.15, -0.1) is 24.8 Å². The van der Waals surface area contributed by atoms with E-state index in [4.69, 9.17) is 11.6 Å². The Morgan fingerprint density at radius 2 is 1.65 bits per heavy atom. The Balaban J connectivity index is 2.63. The molecule has 0 bridgehead atoms. The van der Waals surface area contributed by atoms with Gasteiger partial charge in [-0.2, -0.15) is 0 Å². The number of rotatable bonds is 9.